The van der Waals surface area contributed by atoms with Gasteiger partial charge in [0.15, 0.2) is 0 Å². The van der Waals surface area contributed by atoms with Gasteiger partial charge >= 0.3 is 6.18 Å². The maximum absolute atomic E-state index is 13.0. The van der Waals surface area contributed by atoms with Crippen molar-refractivity contribution in [2.75, 3.05) is 5.73 Å². The second-order valence-corrected chi connectivity index (χ2v) is 4.47. The topological polar surface area (TPSA) is 59.1 Å². The van der Waals surface area contributed by atoms with Gasteiger partial charge in [0.25, 0.3) is 0 Å². The number of benzene rings is 1. The van der Waals surface area contributed by atoms with E-state index in [9.17, 15) is 18.3 Å². The lowest BCUT2D eigenvalue weighted by Gasteiger charge is -2.19. The Morgan fingerprint density at radius 1 is 1.20 bits per heavy atom. The number of aliphatic hydroxyl groups excluding tert-OH is 1. The van der Waals surface area contributed by atoms with Gasteiger partial charge in [0.05, 0.1) is 10.6 Å². The quantitative estimate of drug-likeness (QED) is 0.893. The van der Waals surface area contributed by atoms with E-state index in [-0.39, 0.29) is 11.4 Å². The Hall–Kier alpha value is -1.79. The first-order valence-corrected chi connectivity index (χ1v) is 5.94. The molecule has 1 unspecified atom stereocenters. The van der Waals surface area contributed by atoms with E-state index in [1.165, 1.54) is 12.1 Å². The van der Waals surface area contributed by atoms with Crippen molar-refractivity contribution in [2.45, 2.75) is 12.3 Å². The van der Waals surface area contributed by atoms with Crippen molar-refractivity contribution in [1.29, 1.82) is 0 Å². The van der Waals surface area contributed by atoms with Crippen LogP contribution in [0.1, 0.15) is 22.8 Å². The highest BCUT2D eigenvalue weighted by molar-refractivity contribution is 6.33. The van der Waals surface area contributed by atoms with Gasteiger partial charge < -0.3 is 10.8 Å². The van der Waals surface area contributed by atoms with Crippen LogP contribution < -0.4 is 5.73 Å². The van der Waals surface area contributed by atoms with Crippen LogP contribution in [0.5, 0.6) is 0 Å². The molecule has 0 aliphatic carbocycles. The van der Waals surface area contributed by atoms with Crippen LogP contribution in [0.25, 0.3) is 0 Å². The lowest BCUT2D eigenvalue weighted by atomic mass is 9.97. The maximum Gasteiger partial charge on any atom is 0.418 e. The number of halogens is 4. The molecule has 106 valence electrons. The normalized spacial score (nSPS) is 13.2. The fourth-order valence-electron chi connectivity index (χ4n) is 1.81. The number of aromatic nitrogens is 1. The number of aliphatic hydroxyl groups is 1. The molecule has 0 aliphatic heterocycles. The molecule has 0 spiro atoms. The average Bonchev–Trinajstić information content (AvgIpc) is 2.40. The summed E-state index contributed by atoms with van der Waals surface area (Å²) in [6, 6.07) is 7.88. The molecule has 0 radical (unpaired) electrons. The van der Waals surface area contributed by atoms with Crippen LogP contribution in [0.2, 0.25) is 5.02 Å². The van der Waals surface area contributed by atoms with Gasteiger partial charge in [-0.15, -0.1) is 0 Å². The summed E-state index contributed by atoms with van der Waals surface area (Å²) in [7, 11) is 0. The summed E-state index contributed by atoms with van der Waals surface area (Å²) in [4.78, 5) is 3.40. The average molecular weight is 303 g/mol. The van der Waals surface area contributed by atoms with Crippen molar-refractivity contribution in [3.63, 3.8) is 0 Å². The second-order valence-electron chi connectivity index (χ2n) is 4.10. The van der Waals surface area contributed by atoms with Crippen LogP contribution in [-0.2, 0) is 6.18 Å². The smallest absolute Gasteiger partial charge is 0.384 e. The number of rotatable bonds is 2. The molecule has 2 rings (SSSR count). The van der Waals surface area contributed by atoms with Crippen molar-refractivity contribution in [2.24, 2.45) is 0 Å². The highest BCUT2D eigenvalue weighted by atomic mass is 35.5. The summed E-state index contributed by atoms with van der Waals surface area (Å²) >= 11 is 5.80. The van der Waals surface area contributed by atoms with Gasteiger partial charge in [-0.3, -0.25) is 0 Å². The molecule has 1 aromatic carbocycles. The van der Waals surface area contributed by atoms with Crippen LogP contribution in [-0.4, -0.2) is 10.1 Å². The fourth-order valence-corrected chi connectivity index (χ4v) is 2.07. The number of anilines is 1. The predicted octanol–water partition coefficient (Wildman–Crippen LogP) is 3.42. The molecule has 0 amide bonds. The number of nitrogen functional groups attached to an aromatic ring is 1. The van der Waals surface area contributed by atoms with E-state index in [1.807, 2.05) is 0 Å². The van der Waals surface area contributed by atoms with Crippen molar-refractivity contribution < 1.29 is 18.3 Å². The molecule has 3 nitrogen and oxygen atoms in total. The van der Waals surface area contributed by atoms with Gasteiger partial charge in [0.2, 0.25) is 0 Å². The first-order valence-electron chi connectivity index (χ1n) is 5.56. The predicted molar refractivity (Wildman–Crippen MR) is 69.2 cm³/mol. The summed E-state index contributed by atoms with van der Waals surface area (Å²) in [6.45, 7) is 0. The number of nitrogens with two attached hydrogens (primary N) is 1. The van der Waals surface area contributed by atoms with Gasteiger partial charge in [-0.2, -0.15) is 13.2 Å². The number of pyridine rings is 1. The molecule has 7 heteroatoms. The van der Waals surface area contributed by atoms with E-state index < -0.39 is 28.4 Å². The Bertz CT molecular complexity index is 617. The van der Waals surface area contributed by atoms with Crippen molar-refractivity contribution >= 4 is 17.4 Å². The molecule has 0 fully saturated rings. The third-order valence-corrected chi connectivity index (χ3v) is 3.18. The van der Waals surface area contributed by atoms with Gasteiger partial charge in [-0.05, 0) is 5.56 Å². The maximum atomic E-state index is 13.0. The minimum Gasteiger partial charge on any atom is -0.384 e. The Labute approximate surface area is 117 Å². The van der Waals surface area contributed by atoms with Gasteiger partial charge in [0, 0.05) is 11.8 Å². The molecule has 0 saturated heterocycles. The van der Waals surface area contributed by atoms with Crippen LogP contribution in [0.15, 0.2) is 36.5 Å². The molecular weight excluding hydrogens is 293 g/mol. The molecule has 1 atom stereocenters. The first-order chi connectivity index (χ1) is 9.32. The third-order valence-electron chi connectivity index (χ3n) is 2.78. The van der Waals surface area contributed by atoms with E-state index >= 15 is 0 Å². The highest BCUT2D eigenvalue weighted by Crippen LogP contribution is 2.41. The Morgan fingerprint density at radius 3 is 2.35 bits per heavy atom. The van der Waals surface area contributed by atoms with Gasteiger partial charge in [-0.25, -0.2) is 4.98 Å². The largest absolute Gasteiger partial charge is 0.418 e. The molecular formula is C13H10ClF3N2O. The number of hydrogen-bond acceptors (Lipinski definition) is 3. The van der Waals surface area contributed by atoms with Crippen LogP contribution in [0.3, 0.4) is 0 Å². The third kappa shape index (κ3) is 2.71. The molecule has 20 heavy (non-hydrogen) atoms. The Morgan fingerprint density at radius 2 is 1.80 bits per heavy atom. The molecule has 0 bridgehead atoms. The Balaban J connectivity index is 2.63. The fraction of sp³-hybridized carbons (Fsp3) is 0.154. The molecule has 0 saturated carbocycles. The molecule has 2 aromatic rings. The SMILES string of the molecule is Nc1ncc(C(F)(F)F)c(C(O)c2ccccc2)c1Cl. The van der Waals surface area contributed by atoms with Crippen LogP contribution in [0, 0.1) is 0 Å². The highest BCUT2D eigenvalue weighted by Gasteiger charge is 2.37. The zero-order valence-electron chi connectivity index (χ0n) is 10.0. The van der Waals surface area contributed by atoms with Gasteiger partial charge in [0.1, 0.15) is 11.9 Å². The van der Waals surface area contributed by atoms with E-state index in [1.54, 1.807) is 18.2 Å². The van der Waals surface area contributed by atoms with Crippen LogP contribution in [0.4, 0.5) is 19.0 Å². The molecule has 1 heterocycles. The summed E-state index contributed by atoms with van der Waals surface area (Å²) in [5.74, 6) is -0.260. The second kappa shape index (κ2) is 5.30. The zero-order valence-corrected chi connectivity index (χ0v) is 10.8. The standard InChI is InChI=1S/C13H10ClF3N2O/c14-10-9(11(20)7-4-2-1-3-5-7)8(13(15,16)17)6-19-12(10)18/h1-6,11,20H,(H2,18,19). The van der Waals surface area contributed by atoms with Crippen molar-refractivity contribution in [3.05, 3.63) is 58.2 Å². The minimum atomic E-state index is -4.69. The summed E-state index contributed by atoms with van der Waals surface area (Å²) in [5, 5.41) is 9.78. The first kappa shape index (κ1) is 14.6. The number of hydrogen-bond donors (Lipinski definition) is 2. The summed E-state index contributed by atoms with van der Waals surface area (Å²) in [6.07, 6.45) is -5.65. The lowest BCUT2D eigenvalue weighted by Crippen LogP contribution is -2.15. The lowest BCUT2D eigenvalue weighted by molar-refractivity contribution is -0.139. The monoisotopic (exact) mass is 302 g/mol. The molecule has 1 aromatic heterocycles. The molecule has 0 aliphatic rings. The zero-order chi connectivity index (χ0) is 14.9. The minimum absolute atomic E-state index is 0.260. The van der Waals surface area contributed by atoms with Crippen molar-refractivity contribution in [3.8, 4) is 0 Å². The Kier molecular flexibility index (Phi) is 3.87. The van der Waals surface area contributed by atoms with E-state index in [4.69, 9.17) is 17.3 Å². The summed E-state index contributed by atoms with van der Waals surface area (Å²) in [5.41, 5.74) is 4.12. The van der Waals surface area contributed by atoms with Crippen molar-refractivity contribution in [1.82, 2.24) is 4.98 Å². The van der Waals surface area contributed by atoms with Crippen LogP contribution >= 0.6 is 11.6 Å². The van der Waals surface area contributed by atoms with E-state index in [0.717, 1.165) is 0 Å². The van der Waals surface area contributed by atoms with Gasteiger partial charge in [-0.1, -0.05) is 41.9 Å². The van der Waals surface area contributed by atoms with E-state index in [0.29, 0.717) is 6.20 Å². The number of nitrogens with zero attached hydrogens (tertiary/aromatic N) is 1. The van der Waals surface area contributed by atoms with E-state index in [2.05, 4.69) is 4.98 Å². The summed E-state index contributed by atoms with van der Waals surface area (Å²) < 4.78 is 39.0. The number of alkyl halides is 3. The molecule has 3 N–H and O–H groups in total.